The molecule has 0 aliphatic heterocycles. The van der Waals surface area contributed by atoms with Crippen LogP contribution in [0.1, 0.15) is 6.92 Å². The maximum Gasteiger partial charge on any atom is 0.0921 e. The third kappa shape index (κ3) is 5.67. The standard InChI is InChI=1S/C4H12N2O3/c1-4-8-6(7)9-5(2)3/h7H,4H2,1-3H3. The van der Waals surface area contributed by atoms with Gasteiger partial charge in [0, 0.05) is 14.1 Å². The quantitative estimate of drug-likeness (QED) is 0.553. The van der Waals surface area contributed by atoms with E-state index in [1.165, 1.54) is 5.06 Å². The minimum atomic E-state index is 0.306. The molecule has 56 valence electrons. The minimum Gasteiger partial charge on any atom is -0.265 e. The molecule has 9 heavy (non-hydrogen) atoms. The van der Waals surface area contributed by atoms with Crippen molar-refractivity contribution in [2.45, 2.75) is 6.92 Å². The maximum atomic E-state index is 8.57. The van der Waals surface area contributed by atoms with Crippen LogP contribution in [0.15, 0.2) is 0 Å². The third-order valence-corrected chi connectivity index (χ3v) is 0.473. The first-order chi connectivity index (χ1) is 4.16. The lowest BCUT2D eigenvalue weighted by molar-refractivity contribution is -0.561. The summed E-state index contributed by atoms with van der Waals surface area (Å²) in [6.07, 6.45) is 0. The van der Waals surface area contributed by atoms with E-state index in [2.05, 4.69) is 9.78 Å². The Balaban J connectivity index is 3.15. The summed E-state index contributed by atoms with van der Waals surface area (Å²) in [5.74, 6) is 0. The van der Waals surface area contributed by atoms with Crippen molar-refractivity contribution in [3.05, 3.63) is 0 Å². The second-order valence-electron chi connectivity index (χ2n) is 1.55. The Bertz CT molecular complexity index is 68.8. The Labute approximate surface area is 54.2 Å². The van der Waals surface area contributed by atoms with E-state index in [1.54, 1.807) is 21.0 Å². The molecule has 0 aromatic carbocycles. The van der Waals surface area contributed by atoms with E-state index >= 15 is 0 Å². The Morgan fingerprint density at radius 3 is 2.33 bits per heavy atom. The summed E-state index contributed by atoms with van der Waals surface area (Å²) in [6, 6.07) is 0. The van der Waals surface area contributed by atoms with Crippen molar-refractivity contribution in [3.8, 4) is 0 Å². The van der Waals surface area contributed by atoms with Gasteiger partial charge in [-0.25, -0.2) is 4.84 Å². The van der Waals surface area contributed by atoms with Crippen LogP contribution in [-0.4, -0.2) is 36.4 Å². The molecule has 0 amide bonds. The Morgan fingerprint density at radius 2 is 2.00 bits per heavy atom. The van der Waals surface area contributed by atoms with Gasteiger partial charge in [0.25, 0.3) is 0 Å². The normalized spacial score (nSPS) is 11.3. The van der Waals surface area contributed by atoms with Crippen LogP contribution in [0.2, 0.25) is 0 Å². The van der Waals surface area contributed by atoms with Crippen LogP contribution in [0.25, 0.3) is 0 Å². The molecule has 0 rings (SSSR count). The molecule has 0 aliphatic rings. The van der Waals surface area contributed by atoms with Gasteiger partial charge < -0.3 is 0 Å². The van der Waals surface area contributed by atoms with Crippen molar-refractivity contribution >= 4 is 0 Å². The van der Waals surface area contributed by atoms with E-state index in [4.69, 9.17) is 5.21 Å². The first-order valence-corrected chi connectivity index (χ1v) is 2.64. The largest absolute Gasteiger partial charge is 0.265 e. The zero-order chi connectivity index (χ0) is 7.28. The van der Waals surface area contributed by atoms with Crippen molar-refractivity contribution in [1.29, 1.82) is 0 Å². The summed E-state index contributed by atoms with van der Waals surface area (Å²) in [7, 11) is 3.25. The predicted octanol–water partition coefficient (Wildman–Crippen LogP) is 0.0373. The van der Waals surface area contributed by atoms with E-state index in [0.29, 0.717) is 12.0 Å². The van der Waals surface area contributed by atoms with Gasteiger partial charge in [0.15, 0.2) is 0 Å². The summed E-state index contributed by atoms with van der Waals surface area (Å²) < 4.78 is 0. The Kier molecular flexibility index (Phi) is 4.55. The summed E-state index contributed by atoms with van der Waals surface area (Å²) in [4.78, 5) is 8.97. The SMILES string of the molecule is CCON(O)ON(C)C. The van der Waals surface area contributed by atoms with Crippen molar-refractivity contribution < 1.29 is 15.0 Å². The molecule has 0 aromatic rings. The van der Waals surface area contributed by atoms with Crippen molar-refractivity contribution in [3.63, 3.8) is 0 Å². The average Bonchev–Trinajstić information content (AvgIpc) is 1.63. The summed E-state index contributed by atoms with van der Waals surface area (Å²) >= 11 is 0. The first-order valence-electron chi connectivity index (χ1n) is 2.64. The molecule has 5 heteroatoms. The third-order valence-electron chi connectivity index (χ3n) is 0.473. The molecule has 0 atom stereocenters. The lowest BCUT2D eigenvalue weighted by Crippen LogP contribution is -2.28. The molecule has 0 bridgehead atoms. The van der Waals surface area contributed by atoms with E-state index < -0.39 is 0 Å². The van der Waals surface area contributed by atoms with Gasteiger partial charge >= 0.3 is 0 Å². The Hall–Kier alpha value is -0.200. The van der Waals surface area contributed by atoms with E-state index in [1.807, 2.05) is 0 Å². The van der Waals surface area contributed by atoms with Crippen LogP contribution in [0.5, 0.6) is 0 Å². The maximum absolute atomic E-state index is 8.57. The average molecular weight is 136 g/mol. The molecular formula is C4H12N2O3. The lowest BCUT2D eigenvalue weighted by Gasteiger charge is -2.15. The highest BCUT2D eigenvalue weighted by Gasteiger charge is 1.99. The molecule has 0 radical (unpaired) electrons. The van der Waals surface area contributed by atoms with Crippen molar-refractivity contribution in [2.24, 2.45) is 0 Å². The van der Waals surface area contributed by atoms with Gasteiger partial charge in [0.05, 0.1) is 12.0 Å². The van der Waals surface area contributed by atoms with Gasteiger partial charge in [-0.3, -0.25) is 5.21 Å². The molecular weight excluding hydrogens is 124 g/mol. The summed E-state index contributed by atoms with van der Waals surface area (Å²) in [5, 5.41) is 10.2. The fraction of sp³-hybridized carbons (Fsp3) is 1.00. The van der Waals surface area contributed by atoms with Gasteiger partial charge in [-0.1, -0.05) is 0 Å². The van der Waals surface area contributed by atoms with Crippen LogP contribution >= 0.6 is 0 Å². The fourth-order valence-electron chi connectivity index (χ4n) is 0.274. The monoisotopic (exact) mass is 136 g/mol. The first kappa shape index (κ1) is 8.80. The molecule has 0 saturated heterocycles. The van der Waals surface area contributed by atoms with Crippen LogP contribution < -0.4 is 0 Å². The smallest absolute Gasteiger partial charge is 0.0921 e. The van der Waals surface area contributed by atoms with E-state index in [9.17, 15) is 0 Å². The lowest BCUT2D eigenvalue weighted by atomic mass is 10.9. The highest BCUT2D eigenvalue weighted by Crippen LogP contribution is 1.86. The van der Waals surface area contributed by atoms with Crippen molar-refractivity contribution in [1.82, 2.24) is 10.5 Å². The number of hydrogen-bond acceptors (Lipinski definition) is 5. The molecule has 5 nitrogen and oxygen atoms in total. The predicted molar refractivity (Wildman–Crippen MR) is 30.0 cm³/mol. The zero-order valence-electron chi connectivity index (χ0n) is 5.87. The van der Waals surface area contributed by atoms with Crippen LogP contribution in [0, 0.1) is 0 Å². The van der Waals surface area contributed by atoms with Gasteiger partial charge in [0.1, 0.15) is 0 Å². The highest BCUT2D eigenvalue weighted by atomic mass is 17.2. The zero-order valence-corrected chi connectivity index (χ0v) is 5.87. The highest BCUT2D eigenvalue weighted by molar-refractivity contribution is 4.00. The second-order valence-corrected chi connectivity index (χ2v) is 1.55. The molecule has 0 saturated carbocycles. The molecule has 1 N–H and O–H groups in total. The Morgan fingerprint density at radius 1 is 1.44 bits per heavy atom. The van der Waals surface area contributed by atoms with Gasteiger partial charge in [-0.05, 0) is 6.92 Å². The van der Waals surface area contributed by atoms with E-state index in [0.717, 1.165) is 0 Å². The number of rotatable bonds is 4. The van der Waals surface area contributed by atoms with Crippen LogP contribution in [0.4, 0.5) is 0 Å². The molecule has 0 fully saturated rings. The second kappa shape index (κ2) is 4.66. The van der Waals surface area contributed by atoms with Crippen LogP contribution in [0.3, 0.4) is 0 Å². The molecule has 0 heterocycles. The fourth-order valence-corrected chi connectivity index (χ4v) is 0.274. The molecule has 0 spiro atoms. The van der Waals surface area contributed by atoms with E-state index in [-0.39, 0.29) is 0 Å². The van der Waals surface area contributed by atoms with Gasteiger partial charge in [-0.15, -0.1) is 0 Å². The molecule has 0 aliphatic carbocycles. The van der Waals surface area contributed by atoms with Crippen LogP contribution in [-0.2, 0) is 9.78 Å². The summed E-state index contributed by atoms with van der Waals surface area (Å²) in [6.45, 7) is 2.10. The molecule has 0 aromatic heterocycles. The number of hydrogen-bond donors (Lipinski definition) is 1. The van der Waals surface area contributed by atoms with Crippen molar-refractivity contribution in [2.75, 3.05) is 20.7 Å². The summed E-state index contributed by atoms with van der Waals surface area (Å²) in [5.41, 5.74) is 0. The minimum absolute atomic E-state index is 0.306. The topological polar surface area (TPSA) is 45.2 Å². The van der Waals surface area contributed by atoms with Gasteiger partial charge in [0.2, 0.25) is 0 Å². The number of hydroxylamine groups is 2. The van der Waals surface area contributed by atoms with Gasteiger partial charge in [-0.2, -0.15) is 10.0 Å². The number of nitrogens with zero attached hydrogens (tertiary/aromatic N) is 2. The molecule has 0 unspecified atom stereocenters.